The zero-order chi connectivity index (χ0) is 12.6. The Hall–Kier alpha value is -0.800. The zero-order valence-electron chi connectivity index (χ0n) is 9.78. The maximum Gasteiger partial charge on any atom is 0.274 e. The van der Waals surface area contributed by atoms with Crippen LogP contribution in [0.5, 0.6) is 0 Å². The molecule has 1 amide bonds. The molecular formula is C12H14Cl2N2O. The third-order valence-corrected chi connectivity index (χ3v) is 3.77. The van der Waals surface area contributed by atoms with E-state index in [4.69, 9.17) is 23.2 Å². The SMILES string of the molecule is CC(C1CC1)N(C)C(=O)c1nc(Cl)ccc1Cl. The van der Waals surface area contributed by atoms with E-state index in [9.17, 15) is 4.79 Å². The largest absolute Gasteiger partial charge is 0.337 e. The second kappa shape index (κ2) is 4.83. The number of carbonyl (C=O) groups excluding carboxylic acids is 1. The lowest BCUT2D eigenvalue weighted by Crippen LogP contribution is -2.37. The summed E-state index contributed by atoms with van der Waals surface area (Å²) in [4.78, 5) is 17.9. The van der Waals surface area contributed by atoms with Gasteiger partial charge in [0, 0.05) is 13.1 Å². The van der Waals surface area contributed by atoms with Crippen LogP contribution in [0.15, 0.2) is 12.1 Å². The molecule has 1 saturated carbocycles. The Bertz CT molecular complexity index is 446. The highest BCUT2D eigenvalue weighted by Gasteiger charge is 2.33. The van der Waals surface area contributed by atoms with E-state index in [1.807, 2.05) is 6.92 Å². The number of nitrogens with zero attached hydrogens (tertiary/aromatic N) is 2. The first kappa shape index (κ1) is 12.7. The molecule has 0 spiro atoms. The van der Waals surface area contributed by atoms with Gasteiger partial charge in [0.1, 0.15) is 10.8 Å². The first-order valence-corrected chi connectivity index (χ1v) is 6.35. The van der Waals surface area contributed by atoms with Crippen molar-refractivity contribution in [3.05, 3.63) is 28.0 Å². The normalized spacial score (nSPS) is 16.7. The van der Waals surface area contributed by atoms with E-state index in [2.05, 4.69) is 4.98 Å². The summed E-state index contributed by atoms with van der Waals surface area (Å²) >= 11 is 11.7. The molecule has 1 aromatic rings. The van der Waals surface area contributed by atoms with Crippen molar-refractivity contribution in [1.82, 2.24) is 9.88 Å². The van der Waals surface area contributed by atoms with Gasteiger partial charge in [0.25, 0.3) is 5.91 Å². The molecule has 17 heavy (non-hydrogen) atoms. The molecule has 5 heteroatoms. The highest BCUT2D eigenvalue weighted by Crippen LogP contribution is 2.35. The molecule has 0 N–H and O–H groups in total. The van der Waals surface area contributed by atoms with Crippen molar-refractivity contribution in [3.8, 4) is 0 Å². The maximum absolute atomic E-state index is 12.2. The maximum atomic E-state index is 12.2. The van der Waals surface area contributed by atoms with Crippen molar-refractivity contribution in [2.75, 3.05) is 7.05 Å². The van der Waals surface area contributed by atoms with Crippen molar-refractivity contribution in [2.24, 2.45) is 5.92 Å². The first-order chi connectivity index (χ1) is 8.00. The van der Waals surface area contributed by atoms with Gasteiger partial charge in [-0.25, -0.2) is 4.98 Å². The molecule has 92 valence electrons. The Morgan fingerprint density at radius 3 is 2.71 bits per heavy atom. The van der Waals surface area contributed by atoms with Crippen molar-refractivity contribution in [1.29, 1.82) is 0 Å². The first-order valence-electron chi connectivity index (χ1n) is 5.60. The minimum absolute atomic E-state index is 0.170. The summed E-state index contributed by atoms with van der Waals surface area (Å²) in [6.07, 6.45) is 2.38. The zero-order valence-corrected chi connectivity index (χ0v) is 11.3. The summed E-state index contributed by atoms with van der Waals surface area (Å²) in [6, 6.07) is 3.39. The molecule has 0 saturated heterocycles. The number of hydrogen-bond donors (Lipinski definition) is 0. The molecule has 3 nitrogen and oxygen atoms in total. The molecule has 1 aliphatic rings. The molecule has 0 aromatic carbocycles. The van der Waals surface area contributed by atoms with Gasteiger partial charge in [-0.15, -0.1) is 0 Å². The van der Waals surface area contributed by atoms with Crippen molar-refractivity contribution < 1.29 is 4.79 Å². The molecule has 1 aromatic heterocycles. The smallest absolute Gasteiger partial charge is 0.274 e. The van der Waals surface area contributed by atoms with Crippen LogP contribution < -0.4 is 0 Å². The third-order valence-electron chi connectivity index (χ3n) is 3.25. The van der Waals surface area contributed by atoms with E-state index in [0.717, 1.165) is 0 Å². The number of halogens is 2. The van der Waals surface area contributed by atoms with Gasteiger partial charge in [-0.2, -0.15) is 0 Å². The van der Waals surface area contributed by atoms with E-state index in [1.54, 1.807) is 24.1 Å². The van der Waals surface area contributed by atoms with E-state index < -0.39 is 0 Å². The molecule has 1 aliphatic carbocycles. The monoisotopic (exact) mass is 272 g/mol. The van der Waals surface area contributed by atoms with Crippen LogP contribution >= 0.6 is 23.2 Å². The van der Waals surface area contributed by atoms with Crippen molar-refractivity contribution in [3.63, 3.8) is 0 Å². The van der Waals surface area contributed by atoms with Crippen LogP contribution in [0, 0.1) is 5.92 Å². The number of rotatable bonds is 3. The van der Waals surface area contributed by atoms with Crippen LogP contribution in [0.4, 0.5) is 0 Å². The minimum Gasteiger partial charge on any atom is -0.337 e. The fraction of sp³-hybridized carbons (Fsp3) is 0.500. The second-order valence-electron chi connectivity index (χ2n) is 4.46. The molecule has 1 atom stereocenters. The Morgan fingerprint density at radius 2 is 2.12 bits per heavy atom. The average Bonchev–Trinajstić information content (AvgIpc) is 3.13. The average molecular weight is 273 g/mol. The van der Waals surface area contributed by atoms with Gasteiger partial charge in [0.2, 0.25) is 0 Å². The van der Waals surface area contributed by atoms with E-state index in [1.165, 1.54) is 12.8 Å². The van der Waals surface area contributed by atoms with Gasteiger partial charge < -0.3 is 4.90 Å². The standard InChI is InChI=1S/C12H14Cl2N2O/c1-7(8-3-4-8)16(2)12(17)11-9(13)5-6-10(14)15-11/h5-8H,3-4H2,1-2H3. The van der Waals surface area contributed by atoms with Crippen LogP contribution in [-0.4, -0.2) is 28.9 Å². The highest BCUT2D eigenvalue weighted by molar-refractivity contribution is 6.34. The van der Waals surface area contributed by atoms with Gasteiger partial charge in [-0.05, 0) is 37.8 Å². The van der Waals surface area contributed by atoms with Crippen LogP contribution in [0.25, 0.3) is 0 Å². The van der Waals surface area contributed by atoms with Crippen LogP contribution in [-0.2, 0) is 0 Å². The topological polar surface area (TPSA) is 33.2 Å². The molecule has 0 radical (unpaired) electrons. The lowest BCUT2D eigenvalue weighted by Gasteiger charge is -2.24. The van der Waals surface area contributed by atoms with Crippen molar-refractivity contribution in [2.45, 2.75) is 25.8 Å². The van der Waals surface area contributed by atoms with E-state index >= 15 is 0 Å². The highest BCUT2D eigenvalue weighted by atomic mass is 35.5. The Kier molecular flexibility index (Phi) is 3.59. The minimum atomic E-state index is -0.170. The molecule has 1 heterocycles. The fourth-order valence-corrected chi connectivity index (χ4v) is 2.15. The Balaban J connectivity index is 2.20. The Morgan fingerprint density at radius 1 is 1.47 bits per heavy atom. The van der Waals surface area contributed by atoms with Gasteiger partial charge in [-0.1, -0.05) is 23.2 Å². The number of hydrogen-bond acceptors (Lipinski definition) is 2. The van der Waals surface area contributed by atoms with Crippen LogP contribution in [0.1, 0.15) is 30.3 Å². The third kappa shape index (κ3) is 2.72. The molecular weight excluding hydrogens is 259 g/mol. The van der Waals surface area contributed by atoms with Gasteiger partial charge in [0.15, 0.2) is 0 Å². The summed E-state index contributed by atoms with van der Waals surface area (Å²) in [7, 11) is 1.78. The Labute approximate surface area is 111 Å². The molecule has 1 fully saturated rings. The molecule has 1 unspecified atom stereocenters. The molecule has 0 bridgehead atoms. The van der Waals surface area contributed by atoms with Crippen LogP contribution in [0.3, 0.4) is 0 Å². The van der Waals surface area contributed by atoms with E-state index in [0.29, 0.717) is 10.9 Å². The fourth-order valence-electron chi connectivity index (χ4n) is 1.82. The van der Waals surface area contributed by atoms with Crippen molar-refractivity contribution >= 4 is 29.1 Å². The number of amides is 1. The second-order valence-corrected chi connectivity index (χ2v) is 5.25. The molecule has 2 rings (SSSR count). The van der Waals surface area contributed by atoms with Gasteiger partial charge in [-0.3, -0.25) is 4.79 Å². The number of pyridine rings is 1. The summed E-state index contributed by atoms with van der Waals surface area (Å²) < 4.78 is 0. The van der Waals surface area contributed by atoms with Gasteiger partial charge >= 0.3 is 0 Å². The predicted molar refractivity (Wildman–Crippen MR) is 68.5 cm³/mol. The quantitative estimate of drug-likeness (QED) is 0.792. The summed E-state index contributed by atoms with van der Waals surface area (Å²) in [6.45, 7) is 2.05. The summed E-state index contributed by atoms with van der Waals surface area (Å²) in [5.74, 6) is 0.443. The predicted octanol–water partition coefficient (Wildman–Crippen LogP) is 3.26. The lowest BCUT2D eigenvalue weighted by atomic mass is 10.2. The molecule has 0 aliphatic heterocycles. The summed E-state index contributed by atoms with van der Waals surface area (Å²) in [5.41, 5.74) is 0.231. The number of aromatic nitrogens is 1. The lowest BCUT2D eigenvalue weighted by molar-refractivity contribution is 0.0721. The summed E-state index contributed by atoms with van der Waals surface area (Å²) in [5, 5.41) is 0.625. The van der Waals surface area contributed by atoms with Crippen LogP contribution in [0.2, 0.25) is 10.2 Å². The van der Waals surface area contributed by atoms with Gasteiger partial charge in [0.05, 0.1) is 5.02 Å². The van der Waals surface area contributed by atoms with E-state index in [-0.39, 0.29) is 22.8 Å². The number of carbonyl (C=O) groups is 1.